The third kappa shape index (κ3) is 4.43. The molecule has 1 heterocycles. The molecule has 0 amide bonds. The minimum Gasteiger partial charge on any atom is -0.299 e. The van der Waals surface area contributed by atoms with Crippen molar-refractivity contribution in [2.75, 3.05) is 0 Å². The first-order chi connectivity index (χ1) is 19.3. The second kappa shape index (κ2) is 9.92. The van der Waals surface area contributed by atoms with E-state index in [0.717, 1.165) is 16.7 Å². The van der Waals surface area contributed by atoms with Crippen molar-refractivity contribution in [3.8, 4) is 16.8 Å². The topological polar surface area (TPSA) is 17.8 Å². The van der Waals surface area contributed by atoms with Crippen molar-refractivity contribution in [2.45, 2.75) is 0 Å². The minimum absolute atomic E-state index is 1.03. The maximum absolute atomic E-state index is 4.36. The quantitative estimate of drug-likeness (QED) is 0.217. The molecule has 0 aliphatic carbocycles. The summed E-state index contributed by atoms with van der Waals surface area (Å²) in [5, 5.41) is 7.75. The number of hydrogen-bond donors (Lipinski definition) is 0. The molecule has 7 aromatic carbocycles. The molecule has 0 aliphatic heterocycles. The first kappa shape index (κ1) is 22.9. The number of nitrogens with zero attached hydrogens (tertiary/aromatic N) is 2. The summed E-state index contributed by atoms with van der Waals surface area (Å²) in [5.74, 6) is 0. The lowest BCUT2D eigenvalue weighted by Gasteiger charge is -2.10. The predicted molar refractivity (Wildman–Crippen MR) is 165 cm³/mol. The van der Waals surface area contributed by atoms with Gasteiger partial charge < -0.3 is 0 Å². The molecule has 0 saturated carbocycles. The summed E-state index contributed by atoms with van der Waals surface area (Å²) >= 11 is 0. The molecule has 2 nitrogen and oxygen atoms in total. The van der Waals surface area contributed by atoms with Gasteiger partial charge in [-0.15, -0.1) is 0 Å². The second-order valence-corrected chi connectivity index (χ2v) is 9.73. The molecule has 8 aromatic rings. The number of benzene rings is 7. The molecule has 0 radical (unpaired) electrons. The van der Waals surface area contributed by atoms with E-state index < -0.39 is 0 Å². The highest BCUT2D eigenvalue weighted by Gasteiger charge is 2.06. The molecule has 0 aliphatic rings. The Kier molecular flexibility index (Phi) is 5.84. The van der Waals surface area contributed by atoms with Crippen LogP contribution >= 0.6 is 0 Å². The van der Waals surface area contributed by atoms with Gasteiger partial charge in [0.2, 0.25) is 0 Å². The molecule has 0 N–H and O–H groups in total. The van der Waals surface area contributed by atoms with Crippen molar-refractivity contribution in [1.29, 1.82) is 0 Å². The third-order valence-electron chi connectivity index (χ3n) is 7.30. The van der Waals surface area contributed by atoms with Crippen LogP contribution < -0.4 is 0 Å². The fourth-order valence-corrected chi connectivity index (χ4v) is 5.33. The van der Waals surface area contributed by atoms with Gasteiger partial charge in [0.15, 0.2) is 0 Å². The van der Waals surface area contributed by atoms with Crippen LogP contribution in [0.1, 0.15) is 0 Å². The standard InChI is InChI=1S/C24H16.C13H10N2/c1-2-7-18-14-22(13-12-17(18)6-1)23-11-5-10-21-15-19-8-3-4-9-20(19)16-24(21)23;1-2-6-11(7-3-1)15-10-14-12-8-4-5-9-13(12)15/h1-16H;1-10H. The highest BCUT2D eigenvalue weighted by molar-refractivity contribution is 6.05. The van der Waals surface area contributed by atoms with Gasteiger partial charge in [0.25, 0.3) is 0 Å². The summed E-state index contributed by atoms with van der Waals surface area (Å²) in [4.78, 5) is 4.36. The Hall–Kier alpha value is -5.21. The zero-order valence-corrected chi connectivity index (χ0v) is 21.4. The average molecular weight is 499 g/mol. The number of hydrogen-bond acceptors (Lipinski definition) is 1. The second-order valence-electron chi connectivity index (χ2n) is 9.73. The molecule has 2 heteroatoms. The molecular weight excluding hydrogens is 472 g/mol. The van der Waals surface area contributed by atoms with Crippen LogP contribution in [0.2, 0.25) is 0 Å². The van der Waals surface area contributed by atoms with Gasteiger partial charge in [0.05, 0.1) is 11.0 Å². The maximum Gasteiger partial charge on any atom is 0.100 e. The van der Waals surface area contributed by atoms with Crippen LogP contribution in [0.4, 0.5) is 0 Å². The molecule has 0 bridgehead atoms. The van der Waals surface area contributed by atoms with E-state index in [9.17, 15) is 0 Å². The normalized spacial score (nSPS) is 11.1. The SMILES string of the molecule is c1ccc(-n2cnc3ccccc32)cc1.c1ccc2cc(-c3cccc4cc5ccccc5cc34)ccc2c1. The Morgan fingerprint density at radius 1 is 0.436 bits per heavy atom. The van der Waals surface area contributed by atoms with Gasteiger partial charge in [-0.05, 0) is 85.9 Å². The molecule has 39 heavy (non-hydrogen) atoms. The van der Waals surface area contributed by atoms with Crippen LogP contribution in [0.3, 0.4) is 0 Å². The highest BCUT2D eigenvalue weighted by atomic mass is 15.0. The number of rotatable bonds is 2. The lowest BCUT2D eigenvalue weighted by Crippen LogP contribution is -1.90. The lowest BCUT2D eigenvalue weighted by atomic mass is 9.94. The minimum atomic E-state index is 1.03. The number of imidazole rings is 1. The van der Waals surface area contributed by atoms with Gasteiger partial charge in [0.1, 0.15) is 6.33 Å². The summed E-state index contributed by atoms with van der Waals surface area (Å²) in [6, 6.07) is 53.4. The summed E-state index contributed by atoms with van der Waals surface area (Å²) in [5.41, 5.74) is 5.88. The van der Waals surface area contributed by atoms with Crippen molar-refractivity contribution in [1.82, 2.24) is 9.55 Å². The van der Waals surface area contributed by atoms with Crippen molar-refractivity contribution in [3.63, 3.8) is 0 Å². The van der Waals surface area contributed by atoms with E-state index in [4.69, 9.17) is 0 Å². The molecule has 0 unspecified atom stereocenters. The Labute approximate surface area is 227 Å². The van der Waals surface area contributed by atoms with Gasteiger partial charge in [-0.25, -0.2) is 4.98 Å². The fraction of sp³-hybridized carbons (Fsp3) is 0. The van der Waals surface area contributed by atoms with Gasteiger partial charge >= 0.3 is 0 Å². The predicted octanol–water partition coefficient (Wildman–Crippen LogP) is 9.84. The third-order valence-corrected chi connectivity index (χ3v) is 7.30. The molecule has 8 rings (SSSR count). The summed E-state index contributed by atoms with van der Waals surface area (Å²) in [6.07, 6.45) is 1.86. The van der Waals surface area contributed by atoms with Crippen molar-refractivity contribution < 1.29 is 0 Å². The molecule has 184 valence electrons. The van der Waals surface area contributed by atoms with Gasteiger partial charge in [-0.2, -0.15) is 0 Å². The number of aromatic nitrogens is 2. The van der Waals surface area contributed by atoms with E-state index in [1.165, 1.54) is 43.4 Å². The Balaban J connectivity index is 0.000000145. The first-order valence-corrected chi connectivity index (χ1v) is 13.2. The summed E-state index contributed by atoms with van der Waals surface area (Å²) < 4.78 is 2.09. The van der Waals surface area contributed by atoms with Crippen LogP contribution in [0.5, 0.6) is 0 Å². The molecule has 0 spiro atoms. The molecule has 0 saturated heterocycles. The van der Waals surface area contributed by atoms with Crippen LogP contribution in [-0.2, 0) is 0 Å². The number of fused-ring (bicyclic) bond motifs is 4. The molecule has 1 aromatic heterocycles. The van der Waals surface area contributed by atoms with E-state index in [-0.39, 0.29) is 0 Å². The fourth-order valence-electron chi connectivity index (χ4n) is 5.33. The van der Waals surface area contributed by atoms with E-state index in [1.54, 1.807) is 0 Å². The van der Waals surface area contributed by atoms with E-state index in [2.05, 4.69) is 125 Å². The van der Waals surface area contributed by atoms with Crippen molar-refractivity contribution >= 4 is 43.4 Å². The van der Waals surface area contributed by atoms with Gasteiger partial charge in [0, 0.05) is 5.69 Å². The highest BCUT2D eigenvalue weighted by Crippen LogP contribution is 2.33. The number of para-hydroxylation sites is 3. The van der Waals surface area contributed by atoms with Gasteiger partial charge in [-0.3, -0.25) is 4.57 Å². The Morgan fingerprint density at radius 2 is 1.08 bits per heavy atom. The first-order valence-electron chi connectivity index (χ1n) is 13.2. The van der Waals surface area contributed by atoms with E-state index >= 15 is 0 Å². The average Bonchev–Trinajstić information content (AvgIpc) is 3.45. The van der Waals surface area contributed by atoms with Gasteiger partial charge in [-0.1, -0.05) is 109 Å². The maximum atomic E-state index is 4.36. The van der Waals surface area contributed by atoms with E-state index in [1.807, 2.05) is 42.7 Å². The van der Waals surface area contributed by atoms with Crippen LogP contribution in [-0.4, -0.2) is 9.55 Å². The van der Waals surface area contributed by atoms with Crippen LogP contribution in [0.15, 0.2) is 158 Å². The smallest absolute Gasteiger partial charge is 0.100 e. The molecule has 0 fully saturated rings. The lowest BCUT2D eigenvalue weighted by molar-refractivity contribution is 1.09. The van der Waals surface area contributed by atoms with Crippen molar-refractivity contribution in [2.24, 2.45) is 0 Å². The zero-order chi connectivity index (χ0) is 26.0. The van der Waals surface area contributed by atoms with Crippen molar-refractivity contribution in [3.05, 3.63) is 158 Å². The van der Waals surface area contributed by atoms with Crippen LogP contribution in [0.25, 0.3) is 60.2 Å². The molecular formula is C37H26N2. The largest absolute Gasteiger partial charge is 0.299 e. The van der Waals surface area contributed by atoms with Crippen LogP contribution in [0, 0.1) is 0 Å². The summed E-state index contributed by atoms with van der Waals surface area (Å²) in [6.45, 7) is 0. The Bertz CT molecular complexity index is 2070. The van der Waals surface area contributed by atoms with E-state index in [0.29, 0.717) is 0 Å². The monoisotopic (exact) mass is 498 g/mol. The summed E-state index contributed by atoms with van der Waals surface area (Å²) in [7, 11) is 0. The molecule has 0 atom stereocenters. The Morgan fingerprint density at radius 3 is 1.90 bits per heavy atom. The zero-order valence-electron chi connectivity index (χ0n) is 21.4.